The summed E-state index contributed by atoms with van der Waals surface area (Å²) < 4.78 is 10.0. The predicted octanol–water partition coefficient (Wildman–Crippen LogP) is 3.31. The summed E-state index contributed by atoms with van der Waals surface area (Å²) in [6.45, 7) is 2.53. The number of carbonyl (C=O) groups excluding carboxylic acids is 2. The molecule has 0 saturated carbocycles. The predicted molar refractivity (Wildman–Crippen MR) is 108 cm³/mol. The van der Waals surface area contributed by atoms with Gasteiger partial charge in [0.2, 0.25) is 0 Å². The van der Waals surface area contributed by atoms with Gasteiger partial charge in [0, 0.05) is 25.4 Å². The number of hydrogen-bond acceptors (Lipinski definition) is 6. The van der Waals surface area contributed by atoms with Crippen LogP contribution in [0.1, 0.15) is 19.4 Å². The highest BCUT2D eigenvalue weighted by Gasteiger charge is 2.21. The van der Waals surface area contributed by atoms with E-state index in [0.29, 0.717) is 17.9 Å². The molecule has 0 aliphatic rings. The van der Waals surface area contributed by atoms with E-state index >= 15 is 0 Å². The third-order valence-corrected chi connectivity index (χ3v) is 5.37. The Morgan fingerprint density at radius 1 is 1.00 bits per heavy atom. The van der Waals surface area contributed by atoms with E-state index in [1.165, 1.54) is 25.6 Å². The van der Waals surface area contributed by atoms with E-state index in [1.54, 1.807) is 0 Å². The summed E-state index contributed by atoms with van der Waals surface area (Å²) in [6.07, 6.45) is -0.190. The molecule has 0 heterocycles. The molecule has 2 rings (SSSR count). The van der Waals surface area contributed by atoms with Crippen LogP contribution in [0.3, 0.4) is 0 Å². The summed E-state index contributed by atoms with van der Waals surface area (Å²) >= 11 is 1.37. The minimum Gasteiger partial charge on any atom is -0.481 e. The SMILES string of the molecule is CC(=O)OC[C@@H](CSC[C@@H](Cc1cccc2ccccc12)C(=O)O)OC(C)=O. The lowest BCUT2D eigenvalue weighted by Crippen LogP contribution is -2.27. The number of esters is 2. The summed E-state index contributed by atoms with van der Waals surface area (Å²) in [5.41, 5.74) is 0.988. The molecule has 0 aromatic heterocycles. The quantitative estimate of drug-likeness (QED) is 0.608. The molecule has 2 aromatic carbocycles. The summed E-state index contributed by atoms with van der Waals surface area (Å²) in [6, 6.07) is 13.8. The highest BCUT2D eigenvalue weighted by Crippen LogP contribution is 2.23. The maximum absolute atomic E-state index is 11.7. The van der Waals surface area contributed by atoms with Gasteiger partial charge in [0.05, 0.1) is 5.92 Å². The molecule has 2 aromatic rings. The first-order valence-electron chi connectivity index (χ1n) is 8.94. The van der Waals surface area contributed by atoms with Crippen LogP contribution in [0.15, 0.2) is 42.5 Å². The summed E-state index contributed by atoms with van der Waals surface area (Å²) in [5, 5.41) is 11.8. The second-order valence-electron chi connectivity index (χ2n) is 6.45. The van der Waals surface area contributed by atoms with Gasteiger partial charge in [-0.3, -0.25) is 14.4 Å². The fourth-order valence-corrected chi connectivity index (χ4v) is 3.96. The zero-order valence-electron chi connectivity index (χ0n) is 15.9. The Balaban J connectivity index is 1.99. The van der Waals surface area contributed by atoms with E-state index in [0.717, 1.165) is 16.3 Å². The van der Waals surface area contributed by atoms with E-state index in [1.807, 2.05) is 42.5 Å². The molecule has 150 valence electrons. The molecule has 0 amide bonds. The van der Waals surface area contributed by atoms with E-state index in [2.05, 4.69) is 0 Å². The van der Waals surface area contributed by atoms with Gasteiger partial charge in [-0.2, -0.15) is 11.8 Å². The average molecular weight is 404 g/mol. The van der Waals surface area contributed by atoms with Crippen molar-refractivity contribution < 1.29 is 29.0 Å². The molecule has 0 spiro atoms. The van der Waals surface area contributed by atoms with Crippen LogP contribution in [0.5, 0.6) is 0 Å². The summed E-state index contributed by atoms with van der Waals surface area (Å²) in [7, 11) is 0. The van der Waals surface area contributed by atoms with Gasteiger partial charge in [0.1, 0.15) is 12.7 Å². The standard InChI is InChI=1S/C21H24O6S/c1-14(22)26-11-19(27-15(2)23)13-28-12-18(21(24)25)10-17-8-5-7-16-6-3-4-9-20(16)17/h3-9,18-19H,10-13H2,1-2H3,(H,24,25)/t18-,19+/m1/s1. The zero-order chi connectivity index (χ0) is 20.5. The molecule has 1 N–H and O–H groups in total. The highest BCUT2D eigenvalue weighted by molar-refractivity contribution is 7.99. The first-order chi connectivity index (χ1) is 13.4. The van der Waals surface area contributed by atoms with Crippen LogP contribution in [-0.4, -0.2) is 47.2 Å². The number of carboxylic acid groups (broad SMARTS) is 1. The van der Waals surface area contributed by atoms with Crippen LogP contribution in [0.4, 0.5) is 0 Å². The molecule has 0 saturated heterocycles. The van der Waals surface area contributed by atoms with Crippen molar-refractivity contribution in [2.75, 3.05) is 18.1 Å². The minimum absolute atomic E-state index is 0.0387. The van der Waals surface area contributed by atoms with E-state index in [4.69, 9.17) is 9.47 Å². The number of thioether (sulfide) groups is 1. The third kappa shape index (κ3) is 6.88. The van der Waals surface area contributed by atoms with Gasteiger partial charge in [0.15, 0.2) is 0 Å². The largest absolute Gasteiger partial charge is 0.481 e. The van der Waals surface area contributed by atoms with Crippen molar-refractivity contribution in [3.63, 3.8) is 0 Å². The Labute approximate surface area is 168 Å². The topological polar surface area (TPSA) is 89.9 Å². The molecular weight excluding hydrogens is 380 g/mol. The van der Waals surface area contributed by atoms with Crippen molar-refractivity contribution in [1.82, 2.24) is 0 Å². The number of aliphatic carboxylic acids is 1. The number of fused-ring (bicyclic) bond motifs is 1. The fourth-order valence-electron chi connectivity index (χ4n) is 2.86. The van der Waals surface area contributed by atoms with Crippen molar-refractivity contribution in [2.45, 2.75) is 26.4 Å². The molecule has 0 fully saturated rings. The smallest absolute Gasteiger partial charge is 0.307 e. The highest BCUT2D eigenvalue weighted by atomic mass is 32.2. The van der Waals surface area contributed by atoms with E-state index in [-0.39, 0.29) is 6.61 Å². The summed E-state index contributed by atoms with van der Waals surface area (Å²) in [5.74, 6) is -1.67. The molecule has 0 aliphatic heterocycles. The lowest BCUT2D eigenvalue weighted by Gasteiger charge is -2.18. The Morgan fingerprint density at radius 3 is 2.39 bits per heavy atom. The number of rotatable bonds is 10. The first kappa shape index (κ1) is 21.8. The van der Waals surface area contributed by atoms with Crippen LogP contribution in [0.25, 0.3) is 10.8 Å². The van der Waals surface area contributed by atoms with Crippen LogP contribution in [-0.2, 0) is 30.3 Å². The summed E-state index contributed by atoms with van der Waals surface area (Å²) in [4.78, 5) is 33.9. The van der Waals surface area contributed by atoms with Crippen LogP contribution < -0.4 is 0 Å². The maximum atomic E-state index is 11.7. The normalized spacial score (nSPS) is 12.9. The lowest BCUT2D eigenvalue weighted by molar-refractivity contribution is -0.154. The Morgan fingerprint density at radius 2 is 1.71 bits per heavy atom. The second-order valence-corrected chi connectivity index (χ2v) is 7.52. The van der Waals surface area contributed by atoms with Gasteiger partial charge >= 0.3 is 17.9 Å². The molecule has 28 heavy (non-hydrogen) atoms. The zero-order valence-corrected chi connectivity index (χ0v) is 16.7. The number of ether oxygens (including phenoxy) is 2. The average Bonchev–Trinajstić information content (AvgIpc) is 2.64. The van der Waals surface area contributed by atoms with Gasteiger partial charge in [-0.05, 0) is 22.8 Å². The lowest BCUT2D eigenvalue weighted by atomic mass is 9.96. The van der Waals surface area contributed by atoms with Crippen LogP contribution in [0.2, 0.25) is 0 Å². The number of benzene rings is 2. The van der Waals surface area contributed by atoms with Gasteiger partial charge in [-0.15, -0.1) is 0 Å². The van der Waals surface area contributed by atoms with Crippen molar-refractivity contribution in [2.24, 2.45) is 5.92 Å². The van der Waals surface area contributed by atoms with Crippen molar-refractivity contribution in [3.05, 3.63) is 48.0 Å². The fraction of sp³-hybridized carbons (Fsp3) is 0.381. The van der Waals surface area contributed by atoms with Crippen LogP contribution in [0, 0.1) is 5.92 Å². The molecule has 0 bridgehead atoms. The Hall–Kier alpha value is -2.54. The van der Waals surface area contributed by atoms with E-state index < -0.39 is 29.9 Å². The number of hydrogen-bond donors (Lipinski definition) is 1. The third-order valence-electron chi connectivity index (χ3n) is 4.12. The van der Waals surface area contributed by atoms with Crippen molar-refractivity contribution >= 4 is 40.4 Å². The molecule has 7 heteroatoms. The molecule has 2 atom stereocenters. The first-order valence-corrected chi connectivity index (χ1v) is 10.1. The molecule has 0 aliphatic carbocycles. The Kier molecular flexibility index (Phi) is 8.32. The van der Waals surface area contributed by atoms with Gasteiger partial charge in [-0.1, -0.05) is 42.5 Å². The minimum atomic E-state index is -0.871. The number of carbonyl (C=O) groups is 3. The van der Waals surface area contributed by atoms with Gasteiger partial charge in [-0.25, -0.2) is 0 Å². The van der Waals surface area contributed by atoms with Crippen LogP contribution >= 0.6 is 11.8 Å². The van der Waals surface area contributed by atoms with E-state index in [9.17, 15) is 19.5 Å². The number of carboxylic acids is 1. The second kappa shape index (κ2) is 10.7. The van der Waals surface area contributed by atoms with Gasteiger partial charge < -0.3 is 14.6 Å². The molecular formula is C21H24O6S. The molecule has 6 nitrogen and oxygen atoms in total. The monoisotopic (exact) mass is 404 g/mol. The van der Waals surface area contributed by atoms with Crippen molar-refractivity contribution in [3.8, 4) is 0 Å². The van der Waals surface area contributed by atoms with Crippen molar-refractivity contribution in [1.29, 1.82) is 0 Å². The maximum Gasteiger partial charge on any atom is 0.307 e. The molecule has 0 radical (unpaired) electrons. The van der Waals surface area contributed by atoms with Gasteiger partial charge in [0.25, 0.3) is 0 Å². The Bertz CT molecular complexity index is 829. The molecule has 0 unspecified atom stereocenters.